The highest BCUT2D eigenvalue weighted by molar-refractivity contribution is 5.69. The second-order valence-corrected chi connectivity index (χ2v) is 5.52. The van der Waals surface area contributed by atoms with E-state index < -0.39 is 5.97 Å². The van der Waals surface area contributed by atoms with Crippen LogP contribution < -0.4 is 0 Å². The Morgan fingerprint density at radius 1 is 1.20 bits per heavy atom. The molecule has 0 aliphatic rings. The Kier molecular flexibility index (Phi) is 7.97. The summed E-state index contributed by atoms with van der Waals surface area (Å²) in [6.07, 6.45) is 4.86. The van der Waals surface area contributed by atoms with Gasteiger partial charge < -0.3 is 5.11 Å². The molecule has 1 aromatic carbocycles. The average molecular weight is 277 g/mol. The summed E-state index contributed by atoms with van der Waals surface area (Å²) in [6, 6.07) is 10.3. The molecule has 1 N–H and O–H groups in total. The van der Waals surface area contributed by atoms with Crippen molar-refractivity contribution in [1.29, 1.82) is 0 Å². The highest BCUT2D eigenvalue weighted by atomic mass is 16.4. The molecule has 0 fully saturated rings. The van der Waals surface area contributed by atoms with E-state index in [0.29, 0.717) is 6.54 Å². The molecule has 0 radical (unpaired) electrons. The molecule has 1 rings (SSSR count). The van der Waals surface area contributed by atoms with E-state index in [1.54, 1.807) is 6.92 Å². The number of carbonyl (C=O) groups is 1. The van der Waals surface area contributed by atoms with Crippen molar-refractivity contribution < 1.29 is 9.90 Å². The Morgan fingerprint density at radius 2 is 1.90 bits per heavy atom. The molecule has 0 bridgehead atoms. The van der Waals surface area contributed by atoms with Crippen LogP contribution in [0.1, 0.15) is 45.1 Å². The van der Waals surface area contributed by atoms with Crippen LogP contribution in [0.3, 0.4) is 0 Å². The molecular formula is C17H27NO2. The van der Waals surface area contributed by atoms with E-state index in [2.05, 4.69) is 24.0 Å². The Balaban J connectivity index is 2.51. The molecule has 1 atom stereocenters. The molecule has 0 aromatic heterocycles. The summed E-state index contributed by atoms with van der Waals surface area (Å²) in [5.74, 6) is -1.03. The van der Waals surface area contributed by atoms with Crippen molar-refractivity contribution in [1.82, 2.24) is 4.90 Å². The fourth-order valence-electron chi connectivity index (χ4n) is 2.30. The molecule has 0 saturated heterocycles. The van der Waals surface area contributed by atoms with Crippen molar-refractivity contribution in [2.24, 2.45) is 5.92 Å². The molecule has 0 amide bonds. The van der Waals surface area contributed by atoms with E-state index in [0.717, 1.165) is 19.5 Å². The van der Waals surface area contributed by atoms with Gasteiger partial charge in [0.05, 0.1) is 5.92 Å². The quantitative estimate of drug-likeness (QED) is 0.661. The lowest BCUT2D eigenvalue weighted by Gasteiger charge is -2.24. The van der Waals surface area contributed by atoms with Gasteiger partial charge in [0, 0.05) is 13.1 Å². The maximum atomic E-state index is 11.0. The number of carboxylic acids is 1. The summed E-state index contributed by atoms with van der Waals surface area (Å²) >= 11 is 0. The molecule has 0 aliphatic carbocycles. The fourth-order valence-corrected chi connectivity index (χ4v) is 2.30. The minimum Gasteiger partial charge on any atom is -0.481 e. The van der Waals surface area contributed by atoms with Crippen molar-refractivity contribution in [2.45, 2.75) is 46.1 Å². The predicted molar refractivity (Wildman–Crippen MR) is 82.7 cm³/mol. The molecule has 3 nitrogen and oxygen atoms in total. The average Bonchev–Trinajstić information content (AvgIpc) is 2.44. The summed E-state index contributed by atoms with van der Waals surface area (Å²) in [6.45, 7) is 6.42. The maximum absolute atomic E-state index is 11.0. The van der Waals surface area contributed by atoms with E-state index in [-0.39, 0.29) is 5.92 Å². The molecular weight excluding hydrogens is 250 g/mol. The largest absolute Gasteiger partial charge is 0.481 e. The molecule has 0 spiro atoms. The summed E-state index contributed by atoms with van der Waals surface area (Å²) in [4.78, 5) is 13.3. The number of rotatable bonds is 10. The van der Waals surface area contributed by atoms with Gasteiger partial charge in [0.1, 0.15) is 0 Å². The fraction of sp³-hybridized carbons (Fsp3) is 0.588. The van der Waals surface area contributed by atoms with Crippen LogP contribution >= 0.6 is 0 Å². The van der Waals surface area contributed by atoms with Crippen LogP contribution in [0.15, 0.2) is 30.3 Å². The maximum Gasteiger partial charge on any atom is 0.307 e. The summed E-state index contributed by atoms with van der Waals surface area (Å²) < 4.78 is 0. The highest BCUT2D eigenvalue weighted by Gasteiger charge is 2.16. The first-order chi connectivity index (χ1) is 9.63. The molecule has 0 aliphatic heterocycles. The zero-order chi connectivity index (χ0) is 14.8. The lowest BCUT2D eigenvalue weighted by molar-refractivity contribution is -0.141. The Hall–Kier alpha value is -1.35. The van der Waals surface area contributed by atoms with Crippen LogP contribution in [-0.2, 0) is 11.3 Å². The third-order valence-corrected chi connectivity index (χ3v) is 3.53. The van der Waals surface area contributed by atoms with Crippen LogP contribution in [0.25, 0.3) is 0 Å². The zero-order valence-corrected chi connectivity index (χ0v) is 12.7. The zero-order valence-electron chi connectivity index (χ0n) is 12.7. The van der Waals surface area contributed by atoms with Crippen molar-refractivity contribution in [3.05, 3.63) is 35.9 Å². The summed E-state index contributed by atoms with van der Waals surface area (Å²) in [7, 11) is 0. The normalized spacial score (nSPS) is 12.6. The molecule has 3 heteroatoms. The number of aliphatic carboxylic acids is 1. The number of nitrogens with zero attached hydrogens (tertiary/aromatic N) is 1. The van der Waals surface area contributed by atoms with Gasteiger partial charge in [0.15, 0.2) is 0 Å². The van der Waals surface area contributed by atoms with Crippen molar-refractivity contribution in [3.8, 4) is 0 Å². The third kappa shape index (κ3) is 6.71. The van der Waals surface area contributed by atoms with Gasteiger partial charge in [0.25, 0.3) is 0 Å². The second kappa shape index (κ2) is 9.54. The monoisotopic (exact) mass is 277 g/mol. The van der Waals surface area contributed by atoms with Gasteiger partial charge in [-0.1, -0.05) is 63.4 Å². The number of benzene rings is 1. The van der Waals surface area contributed by atoms with Crippen LogP contribution in [0, 0.1) is 5.92 Å². The second-order valence-electron chi connectivity index (χ2n) is 5.52. The van der Waals surface area contributed by atoms with E-state index in [1.807, 2.05) is 18.2 Å². The van der Waals surface area contributed by atoms with Crippen LogP contribution in [0.2, 0.25) is 0 Å². The highest BCUT2D eigenvalue weighted by Crippen LogP contribution is 2.10. The van der Waals surface area contributed by atoms with E-state index >= 15 is 0 Å². The molecule has 1 aromatic rings. The number of carboxylic acid groups (broad SMARTS) is 1. The van der Waals surface area contributed by atoms with Gasteiger partial charge in [-0.25, -0.2) is 0 Å². The van der Waals surface area contributed by atoms with E-state index in [1.165, 1.54) is 24.8 Å². The molecule has 0 saturated carbocycles. The minimum atomic E-state index is -0.711. The van der Waals surface area contributed by atoms with Gasteiger partial charge in [-0.3, -0.25) is 9.69 Å². The van der Waals surface area contributed by atoms with Gasteiger partial charge in [0.2, 0.25) is 0 Å². The van der Waals surface area contributed by atoms with Gasteiger partial charge >= 0.3 is 5.97 Å². The van der Waals surface area contributed by atoms with Gasteiger partial charge in [-0.2, -0.15) is 0 Å². The Labute approximate surface area is 122 Å². The smallest absolute Gasteiger partial charge is 0.307 e. The van der Waals surface area contributed by atoms with E-state index in [4.69, 9.17) is 5.11 Å². The lowest BCUT2D eigenvalue weighted by Crippen LogP contribution is -2.32. The van der Waals surface area contributed by atoms with Crippen LogP contribution in [0.4, 0.5) is 0 Å². The lowest BCUT2D eigenvalue weighted by atomic mass is 10.1. The van der Waals surface area contributed by atoms with Gasteiger partial charge in [-0.05, 0) is 18.5 Å². The van der Waals surface area contributed by atoms with Crippen molar-refractivity contribution in [2.75, 3.05) is 13.1 Å². The first-order valence-corrected chi connectivity index (χ1v) is 7.62. The predicted octanol–water partition coefficient (Wildman–Crippen LogP) is 3.79. The van der Waals surface area contributed by atoms with E-state index in [9.17, 15) is 4.79 Å². The van der Waals surface area contributed by atoms with Crippen LogP contribution in [-0.4, -0.2) is 29.1 Å². The van der Waals surface area contributed by atoms with Crippen LogP contribution in [0.5, 0.6) is 0 Å². The molecule has 20 heavy (non-hydrogen) atoms. The molecule has 1 unspecified atom stereocenters. The standard InChI is InChI=1S/C17H27NO2/c1-3-4-5-9-12-18(13-15(2)17(19)20)14-16-10-7-6-8-11-16/h6-8,10-11,15H,3-5,9,12-14H2,1-2H3,(H,19,20). The first-order valence-electron chi connectivity index (χ1n) is 7.62. The minimum absolute atomic E-state index is 0.315. The Morgan fingerprint density at radius 3 is 2.50 bits per heavy atom. The topological polar surface area (TPSA) is 40.5 Å². The third-order valence-electron chi connectivity index (χ3n) is 3.53. The SMILES string of the molecule is CCCCCCN(Cc1ccccc1)CC(C)C(=O)O. The molecule has 112 valence electrons. The number of hydrogen-bond donors (Lipinski definition) is 1. The number of hydrogen-bond acceptors (Lipinski definition) is 2. The Bertz CT molecular complexity index is 378. The van der Waals surface area contributed by atoms with Gasteiger partial charge in [-0.15, -0.1) is 0 Å². The summed E-state index contributed by atoms with van der Waals surface area (Å²) in [5.41, 5.74) is 1.25. The summed E-state index contributed by atoms with van der Waals surface area (Å²) in [5, 5.41) is 9.08. The number of unbranched alkanes of at least 4 members (excludes halogenated alkanes) is 3. The van der Waals surface area contributed by atoms with Crippen molar-refractivity contribution >= 4 is 5.97 Å². The van der Waals surface area contributed by atoms with Crippen molar-refractivity contribution in [3.63, 3.8) is 0 Å². The first kappa shape index (κ1) is 16.7. The molecule has 0 heterocycles.